The van der Waals surface area contributed by atoms with Crippen LogP contribution in [0, 0.1) is 5.92 Å². The highest BCUT2D eigenvalue weighted by Crippen LogP contribution is 2.33. The molecule has 0 aromatic heterocycles. The van der Waals surface area contributed by atoms with E-state index in [9.17, 15) is 4.79 Å². The molecule has 0 aliphatic heterocycles. The van der Waals surface area contributed by atoms with Crippen molar-refractivity contribution in [3.05, 3.63) is 0 Å². The quantitative estimate of drug-likeness (QED) is 0.542. The van der Waals surface area contributed by atoms with Crippen LogP contribution in [-0.2, 0) is 9.63 Å². The molecule has 1 aliphatic carbocycles. The number of aliphatic carboxylic acids is 1. The first-order valence-corrected chi connectivity index (χ1v) is 5.66. The third kappa shape index (κ3) is 3.57. The van der Waals surface area contributed by atoms with Gasteiger partial charge in [0.1, 0.15) is 7.11 Å². The summed E-state index contributed by atoms with van der Waals surface area (Å²) in [5, 5.41) is 12.2. The lowest BCUT2D eigenvalue weighted by atomic mass is 10.3. The lowest BCUT2D eigenvalue weighted by Gasteiger charge is -2.09. The van der Waals surface area contributed by atoms with Gasteiger partial charge in [0.05, 0.1) is 5.25 Å². The van der Waals surface area contributed by atoms with Crippen LogP contribution in [0.2, 0.25) is 0 Å². The van der Waals surface area contributed by atoms with E-state index in [0.717, 1.165) is 11.7 Å². The zero-order chi connectivity index (χ0) is 10.6. The highest BCUT2D eigenvalue weighted by molar-refractivity contribution is 8.00. The fourth-order valence-electron chi connectivity index (χ4n) is 1.03. The van der Waals surface area contributed by atoms with E-state index in [0.29, 0.717) is 0 Å². The van der Waals surface area contributed by atoms with E-state index >= 15 is 0 Å². The molecule has 80 valence electrons. The van der Waals surface area contributed by atoms with Gasteiger partial charge in [0.25, 0.3) is 0 Å². The van der Waals surface area contributed by atoms with Crippen molar-refractivity contribution < 1.29 is 14.7 Å². The molecule has 1 saturated carbocycles. The Hall–Kier alpha value is -0.710. The summed E-state index contributed by atoms with van der Waals surface area (Å²) in [6.45, 7) is 1.85. The number of hydrogen-bond donors (Lipinski definition) is 1. The average Bonchev–Trinajstić information content (AvgIpc) is 2.93. The van der Waals surface area contributed by atoms with Gasteiger partial charge in [-0.15, -0.1) is 0 Å². The lowest BCUT2D eigenvalue weighted by Crippen LogP contribution is -2.24. The number of carboxylic acids is 1. The van der Waals surface area contributed by atoms with Crippen molar-refractivity contribution >= 4 is 23.4 Å². The molecular formula is C9H15NO3S. The van der Waals surface area contributed by atoms with E-state index in [1.165, 1.54) is 20.0 Å². The van der Waals surface area contributed by atoms with Gasteiger partial charge >= 0.3 is 5.97 Å². The molecule has 0 aromatic carbocycles. The Kier molecular flexibility index (Phi) is 4.25. The Balaban J connectivity index is 2.40. The summed E-state index contributed by atoms with van der Waals surface area (Å²) in [5.74, 6) is 0.819. The summed E-state index contributed by atoms with van der Waals surface area (Å²) in [6.07, 6.45) is 2.56. The third-order valence-corrected chi connectivity index (χ3v) is 3.46. The number of carbonyl (C=O) groups is 1. The number of rotatable bonds is 6. The second-order valence-electron chi connectivity index (χ2n) is 3.38. The Bertz CT molecular complexity index is 238. The van der Waals surface area contributed by atoms with E-state index in [-0.39, 0.29) is 11.0 Å². The van der Waals surface area contributed by atoms with Crippen molar-refractivity contribution in [3.63, 3.8) is 0 Å². The van der Waals surface area contributed by atoms with Crippen molar-refractivity contribution in [1.29, 1.82) is 0 Å². The molecule has 5 heteroatoms. The van der Waals surface area contributed by atoms with E-state index in [1.807, 2.05) is 6.92 Å². The molecule has 0 aromatic rings. The first-order chi connectivity index (χ1) is 6.65. The first-order valence-electron chi connectivity index (χ1n) is 4.61. The normalized spacial score (nSPS) is 19.1. The lowest BCUT2D eigenvalue weighted by molar-refractivity contribution is -0.129. The van der Waals surface area contributed by atoms with E-state index < -0.39 is 5.97 Å². The second-order valence-corrected chi connectivity index (χ2v) is 4.76. The molecule has 1 unspecified atom stereocenters. The van der Waals surface area contributed by atoms with E-state index in [1.54, 1.807) is 11.8 Å². The zero-order valence-electron chi connectivity index (χ0n) is 8.40. The number of hydrogen-bond acceptors (Lipinski definition) is 4. The zero-order valence-corrected chi connectivity index (χ0v) is 9.21. The van der Waals surface area contributed by atoms with Crippen molar-refractivity contribution in [2.45, 2.75) is 25.0 Å². The minimum absolute atomic E-state index is 0.0955. The molecular weight excluding hydrogens is 202 g/mol. The van der Waals surface area contributed by atoms with Crippen LogP contribution in [0.4, 0.5) is 0 Å². The SMILES string of the molecule is CON=C(C(=O)O)C(C)SCC1CC1. The number of carboxylic acid groups (broad SMARTS) is 1. The third-order valence-electron chi connectivity index (χ3n) is 2.07. The summed E-state index contributed by atoms with van der Waals surface area (Å²) in [5.41, 5.74) is 0.0955. The van der Waals surface area contributed by atoms with Gasteiger partial charge in [0.15, 0.2) is 5.71 Å². The predicted octanol–water partition coefficient (Wildman–Crippen LogP) is 1.61. The van der Waals surface area contributed by atoms with Gasteiger partial charge in [0.2, 0.25) is 0 Å². The van der Waals surface area contributed by atoms with Crippen molar-refractivity contribution in [2.75, 3.05) is 12.9 Å². The molecule has 1 aliphatic rings. The molecule has 0 spiro atoms. The van der Waals surface area contributed by atoms with Gasteiger partial charge in [-0.25, -0.2) is 4.79 Å². The van der Waals surface area contributed by atoms with Crippen LogP contribution in [0.25, 0.3) is 0 Å². The van der Waals surface area contributed by atoms with Gasteiger partial charge in [-0.3, -0.25) is 0 Å². The molecule has 1 rings (SSSR count). The highest BCUT2D eigenvalue weighted by Gasteiger charge is 2.25. The molecule has 14 heavy (non-hydrogen) atoms. The van der Waals surface area contributed by atoms with Gasteiger partial charge in [-0.1, -0.05) is 5.16 Å². The molecule has 0 saturated heterocycles. The molecule has 1 atom stereocenters. The maximum atomic E-state index is 10.8. The molecule has 4 nitrogen and oxygen atoms in total. The number of nitrogens with zero attached hydrogens (tertiary/aromatic N) is 1. The molecule has 0 bridgehead atoms. The standard InChI is InChI=1S/C9H15NO3S/c1-6(14-5-7-3-4-7)8(9(11)12)10-13-2/h6-7H,3-5H2,1-2H3,(H,11,12). The predicted molar refractivity (Wildman–Crippen MR) is 56.7 cm³/mol. The van der Waals surface area contributed by atoms with E-state index in [4.69, 9.17) is 5.11 Å². The Morgan fingerprint density at radius 2 is 2.36 bits per heavy atom. The Labute approximate surface area is 87.7 Å². The molecule has 1 N–H and O–H groups in total. The number of oxime groups is 1. The van der Waals surface area contributed by atoms with Crippen LogP contribution in [0.5, 0.6) is 0 Å². The first kappa shape index (κ1) is 11.4. The van der Waals surface area contributed by atoms with Gasteiger partial charge in [0, 0.05) is 0 Å². The topological polar surface area (TPSA) is 58.9 Å². The Morgan fingerprint density at radius 1 is 1.71 bits per heavy atom. The molecule has 0 radical (unpaired) electrons. The maximum Gasteiger partial charge on any atom is 0.354 e. The summed E-state index contributed by atoms with van der Waals surface area (Å²) in [6, 6.07) is 0. The number of thioether (sulfide) groups is 1. The molecule has 0 amide bonds. The van der Waals surface area contributed by atoms with E-state index in [2.05, 4.69) is 9.99 Å². The highest BCUT2D eigenvalue weighted by atomic mass is 32.2. The largest absolute Gasteiger partial charge is 0.477 e. The smallest absolute Gasteiger partial charge is 0.354 e. The second kappa shape index (κ2) is 5.24. The summed E-state index contributed by atoms with van der Waals surface area (Å²) < 4.78 is 0. The van der Waals surface area contributed by atoms with Gasteiger partial charge < -0.3 is 9.94 Å². The van der Waals surface area contributed by atoms with Crippen molar-refractivity contribution in [3.8, 4) is 0 Å². The fourth-order valence-corrected chi connectivity index (χ4v) is 2.23. The molecule has 1 fully saturated rings. The minimum atomic E-state index is -0.998. The van der Waals surface area contributed by atoms with Crippen LogP contribution in [0.3, 0.4) is 0 Å². The average molecular weight is 217 g/mol. The monoisotopic (exact) mass is 217 g/mol. The van der Waals surface area contributed by atoms with Crippen LogP contribution < -0.4 is 0 Å². The van der Waals surface area contributed by atoms with Crippen LogP contribution in [-0.4, -0.2) is 34.9 Å². The van der Waals surface area contributed by atoms with Crippen LogP contribution in [0.1, 0.15) is 19.8 Å². The van der Waals surface area contributed by atoms with Crippen LogP contribution in [0.15, 0.2) is 5.16 Å². The summed E-state index contributed by atoms with van der Waals surface area (Å²) in [7, 11) is 1.36. The van der Waals surface area contributed by atoms with Gasteiger partial charge in [-0.05, 0) is 31.4 Å². The maximum absolute atomic E-state index is 10.8. The Morgan fingerprint density at radius 3 is 2.79 bits per heavy atom. The van der Waals surface area contributed by atoms with Crippen molar-refractivity contribution in [1.82, 2.24) is 0 Å². The minimum Gasteiger partial charge on any atom is -0.477 e. The molecule has 0 heterocycles. The summed E-state index contributed by atoms with van der Waals surface area (Å²) in [4.78, 5) is 15.3. The van der Waals surface area contributed by atoms with Gasteiger partial charge in [-0.2, -0.15) is 11.8 Å². The summed E-state index contributed by atoms with van der Waals surface area (Å²) >= 11 is 1.63. The van der Waals surface area contributed by atoms with Crippen molar-refractivity contribution in [2.24, 2.45) is 11.1 Å². The van der Waals surface area contributed by atoms with Crippen LogP contribution >= 0.6 is 11.8 Å². The fraction of sp³-hybridized carbons (Fsp3) is 0.778.